The third kappa shape index (κ3) is 6.07. The second kappa shape index (κ2) is 10.9. The minimum Gasteiger partial charge on any atom is -0.383 e. The van der Waals surface area contributed by atoms with Crippen LogP contribution in [0.3, 0.4) is 0 Å². The first-order chi connectivity index (χ1) is 16.9. The predicted octanol–water partition coefficient (Wildman–Crippen LogP) is 1.70. The molecule has 190 valence electrons. The third-order valence-electron chi connectivity index (χ3n) is 5.17. The molecule has 36 heavy (non-hydrogen) atoms. The lowest BCUT2D eigenvalue weighted by Crippen LogP contribution is -2.39. The Morgan fingerprint density at radius 3 is 2.61 bits per heavy atom. The number of hydrogen-bond acceptors (Lipinski definition) is 7. The number of carbonyl (C=O) groups is 1. The van der Waals surface area contributed by atoms with Crippen LogP contribution in [0.1, 0.15) is 18.1 Å². The number of anilines is 3. The number of nitrogen functional groups attached to an aromatic ring is 1. The zero-order valence-corrected chi connectivity index (χ0v) is 21.4. The minimum absolute atomic E-state index is 0.0914. The lowest BCUT2D eigenvalue weighted by Gasteiger charge is -2.16. The van der Waals surface area contributed by atoms with E-state index in [1.54, 1.807) is 33.0 Å². The number of hydrogen-bond donors (Lipinski definition) is 4. The summed E-state index contributed by atoms with van der Waals surface area (Å²) in [5, 5.41) is 9.21. The highest BCUT2D eigenvalue weighted by Crippen LogP contribution is 2.29. The molecule has 0 atom stereocenters. The Hall–Kier alpha value is -3.77. The van der Waals surface area contributed by atoms with Gasteiger partial charge in [-0.25, -0.2) is 22.8 Å². The highest BCUT2D eigenvalue weighted by atomic mass is 35.5. The van der Waals surface area contributed by atoms with E-state index in [-0.39, 0.29) is 22.4 Å². The topological polar surface area (TPSA) is 156 Å². The van der Waals surface area contributed by atoms with Crippen LogP contribution < -0.4 is 21.2 Å². The molecule has 0 saturated heterocycles. The summed E-state index contributed by atoms with van der Waals surface area (Å²) < 4.78 is 41.9. The normalized spacial score (nSPS) is 11.1. The van der Waals surface area contributed by atoms with E-state index in [1.165, 1.54) is 17.0 Å². The van der Waals surface area contributed by atoms with Gasteiger partial charge < -0.3 is 16.0 Å². The van der Waals surface area contributed by atoms with Crippen molar-refractivity contribution in [3.8, 4) is 11.4 Å². The maximum absolute atomic E-state index is 14.1. The van der Waals surface area contributed by atoms with Gasteiger partial charge in [-0.2, -0.15) is 0 Å². The van der Waals surface area contributed by atoms with Crippen LogP contribution in [-0.2, 0) is 14.8 Å². The fourth-order valence-electron chi connectivity index (χ4n) is 3.39. The minimum atomic E-state index is -4.23. The zero-order chi connectivity index (χ0) is 26.6. The number of amides is 1. The number of halogens is 2. The molecule has 1 heterocycles. The van der Waals surface area contributed by atoms with Gasteiger partial charge in [0.05, 0.1) is 0 Å². The molecular formula is C23H26ClFN7O3S+. The van der Waals surface area contributed by atoms with E-state index < -0.39 is 20.7 Å². The maximum atomic E-state index is 14.1. The summed E-state index contributed by atoms with van der Waals surface area (Å²) in [6.07, 6.45) is 0.711. The first-order valence-corrected chi connectivity index (χ1v) is 12.5. The van der Waals surface area contributed by atoms with Crippen molar-refractivity contribution in [2.75, 3.05) is 35.9 Å². The molecule has 0 aliphatic carbocycles. The Kier molecular flexibility index (Phi) is 8.10. The number of aromatic nitrogens is 2. The molecule has 0 saturated carbocycles. The quantitative estimate of drug-likeness (QED) is 0.228. The fourth-order valence-corrected chi connectivity index (χ4v) is 4.78. The number of benzene rings is 2. The summed E-state index contributed by atoms with van der Waals surface area (Å²) in [6.45, 7) is 4.23. The molecular weight excluding hydrogens is 509 g/mol. The van der Waals surface area contributed by atoms with E-state index in [1.807, 2.05) is 0 Å². The summed E-state index contributed by atoms with van der Waals surface area (Å²) >= 11 is 5.84. The Labute approximate surface area is 213 Å². The van der Waals surface area contributed by atoms with Gasteiger partial charge in [-0.15, -0.1) is 0 Å². The average Bonchev–Trinajstić information content (AvgIpc) is 2.79. The van der Waals surface area contributed by atoms with Crippen molar-refractivity contribution in [2.45, 2.75) is 18.7 Å². The van der Waals surface area contributed by atoms with Crippen LogP contribution in [0.25, 0.3) is 11.4 Å². The van der Waals surface area contributed by atoms with Crippen LogP contribution in [0.4, 0.5) is 21.7 Å². The lowest BCUT2D eigenvalue weighted by atomic mass is 10.1. The summed E-state index contributed by atoms with van der Waals surface area (Å²) in [4.78, 5) is 20.7. The molecule has 6 N–H and O–H groups in total. The van der Waals surface area contributed by atoms with Crippen molar-refractivity contribution in [3.63, 3.8) is 0 Å². The van der Waals surface area contributed by atoms with Crippen LogP contribution in [0, 0.1) is 12.7 Å². The molecule has 0 radical (unpaired) electrons. The molecule has 1 aromatic heterocycles. The number of aryl methyl sites for hydroxylation is 1. The number of likely N-dealkylation sites (N-methyl/N-ethyl adjacent to an activating group) is 1. The van der Waals surface area contributed by atoms with E-state index >= 15 is 0 Å². The number of carbonyl (C=O) groups excluding carboxylic acids is 1. The van der Waals surface area contributed by atoms with E-state index in [2.05, 4.69) is 20.0 Å². The molecule has 0 fully saturated rings. The molecule has 10 nitrogen and oxygen atoms in total. The van der Waals surface area contributed by atoms with Crippen molar-refractivity contribution in [2.24, 2.45) is 0 Å². The van der Waals surface area contributed by atoms with Crippen LogP contribution in [-0.4, -0.2) is 55.5 Å². The van der Waals surface area contributed by atoms with Crippen molar-refractivity contribution in [1.29, 1.82) is 0 Å². The molecule has 2 aromatic carbocycles. The summed E-state index contributed by atoms with van der Waals surface area (Å²) in [5.41, 5.74) is 8.48. The standard InChI is InChI=1S/C23H25ClFN7O3S/c1-13-10-16(31-36(34,35)19-11-15(24)4-7-18(19)25)5-6-17(13)22-29-21(27)20(14(2)26)23(30-22)28-8-9-32(3)12-33/h4-7,10-12,26,31H,8-9H2,1-3H3,(H3,27,28,29,30)/p+1. The number of nitrogens with one attached hydrogen (secondary N) is 2. The summed E-state index contributed by atoms with van der Waals surface area (Å²) in [6, 6.07) is 7.98. The predicted molar refractivity (Wildman–Crippen MR) is 138 cm³/mol. The van der Waals surface area contributed by atoms with Crippen molar-refractivity contribution in [3.05, 3.63) is 58.4 Å². The molecule has 0 unspecified atom stereocenters. The third-order valence-corrected chi connectivity index (χ3v) is 6.80. The second-order valence-electron chi connectivity index (χ2n) is 8.06. The van der Waals surface area contributed by atoms with E-state index in [0.29, 0.717) is 47.7 Å². The van der Waals surface area contributed by atoms with E-state index in [9.17, 15) is 17.6 Å². The van der Waals surface area contributed by atoms with Gasteiger partial charge >= 0.3 is 0 Å². The first-order valence-electron chi connectivity index (χ1n) is 10.7. The Morgan fingerprint density at radius 2 is 1.97 bits per heavy atom. The van der Waals surface area contributed by atoms with Crippen LogP contribution in [0.15, 0.2) is 41.3 Å². The number of sulfonamides is 1. The smallest absolute Gasteiger partial charge is 0.264 e. The Morgan fingerprint density at radius 1 is 1.25 bits per heavy atom. The van der Waals surface area contributed by atoms with Crippen molar-refractivity contribution in [1.82, 2.24) is 14.9 Å². The van der Waals surface area contributed by atoms with E-state index in [4.69, 9.17) is 22.7 Å². The number of nitrogens with zero attached hydrogens (tertiary/aromatic N) is 3. The fraction of sp³-hybridized carbons (Fsp3) is 0.217. The molecule has 0 aliphatic heterocycles. The largest absolute Gasteiger partial charge is 0.383 e. The average molecular weight is 535 g/mol. The maximum Gasteiger partial charge on any atom is 0.264 e. The molecule has 0 aliphatic rings. The van der Waals surface area contributed by atoms with Crippen LogP contribution in [0.5, 0.6) is 0 Å². The van der Waals surface area contributed by atoms with Gasteiger partial charge in [0.2, 0.25) is 6.41 Å². The molecule has 0 spiro atoms. The molecule has 0 bridgehead atoms. The van der Waals surface area contributed by atoms with Crippen molar-refractivity contribution >= 4 is 51.1 Å². The summed E-state index contributed by atoms with van der Waals surface area (Å²) in [7, 11) is -2.58. The zero-order valence-electron chi connectivity index (χ0n) is 19.8. The SMILES string of the molecule is CC(=[NH2+])c1c(N)nc(-c2ccc(NS(=O)(=O)c3cc(Cl)ccc3F)cc2C)nc1NCCN(C)C=O. The van der Waals surface area contributed by atoms with Gasteiger partial charge in [0.15, 0.2) is 11.5 Å². The first kappa shape index (κ1) is 26.8. The highest BCUT2D eigenvalue weighted by molar-refractivity contribution is 7.92. The van der Waals surface area contributed by atoms with Gasteiger partial charge in [-0.3, -0.25) is 14.9 Å². The Bertz CT molecular complexity index is 1430. The number of nitrogens with two attached hydrogens (primary N) is 2. The monoisotopic (exact) mass is 534 g/mol. The number of rotatable bonds is 10. The lowest BCUT2D eigenvalue weighted by molar-refractivity contribution is -0.117. The molecule has 3 rings (SSSR count). The van der Waals surface area contributed by atoms with E-state index in [0.717, 1.165) is 12.1 Å². The van der Waals surface area contributed by atoms with Gasteiger partial charge in [0.1, 0.15) is 27.9 Å². The highest BCUT2D eigenvalue weighted by Gasteiger charge is 2.22. The van der Waals surface area contributed by atoms with Gasteiger partial charge in [0, 0.05) is 43.3 Å². The van der Waals surface area contributed by atoms with Gasteiger partial charge in [-0.1, -0.05) is 11.6 Å². The van der Waals surface area contributed by atoms with Crippen molar-refractivity contribution < 1.29 is 23.0 Å². The second-order valence-corrected chi connectivity index (χ2v) is 10.1. The van der Waals surface area contributed by atoms with Crippen LogP contribution in [0.2, 0.25) is 5.02 Å². The van der Waals surface area contributed by atoms with Crippen LogP contribution >= 0.6 is 11.6 Å². The molecule has 1 amide bonds. The Balaban J connectivity index is 1.93. The van der Waals surface area contributed by atoms with Gasteiger partial charge in [-0.05, 0) is 48.9 Å². The van der Waals surface area contributed by atoms with Gasteiger partial charge in [0.25, 0.3) is 10.0 Å². The summed E-state index contributed by atoms with van der Waals surface area (Å²) in [5.74, 6) is -0.0728. The molecule has 13 heteroatoms. The molecule has 3 aromatic rings.